The molecule has 0 aliphatic rings. The molecule has 2 aromatic heterocycles. The molecule has 0 fully saturated rings. The Labute approximate surface area is 122 Å². The van der Waals surface area contributed by atoms with Gasteiger partial charge in [-0.15, -0.1) is 0 Å². The molecule has 21 heavy (non-hydrogen) atoms. The fourth-order valence-corrected chi connectivity index (χ4v) is 3.13. The van der Waals surface area contributed by atoms with Crippen LogP contribution in [0, 0.1) is 20.8 Å². The van der Waals surface area contributed by atoms with Crippen LogP contribution < -0.4 is 0 Å². The van der Waals surface area contributed by atoms with Crippen molar-refractivity contribution in [2.24, 2.45) is 0 Å². The number of aryl methyl sites for hydroxylation is 3. The summed E-state index contributed by atoms with van der Waals surface area (Å²) in [6.07, 6.45) is 0. The van der Waals surface area contributed by atoms with E-state index in [1.165, 1.54) is 22.0 Å². The van der Waals surface area contributed by atoms with Crippen molar-refractivity contribution >= 4 is 32.6 Å². The van der Waals surface area contributed by atoms with Crippen molar-refractivity contribution in [3.63, 3.8) is 0 Å². The molecule has 0 saturated carbocycles. The Morgan fingerprint density at radius 1 is 0.810 bits per heavy atom. The number of aromatic nitrogens is 2. The van der Waals surface area contributed by atoms with E-state index in [-0.39, 0.29) is 5.75 Å². The number of benzene rings is 2. The SMILES string of the molecule is Cc1[nH]c(C)c2cc3c(cc2c1C)nc1ccc(O)cc13. The Kier molecular flexibility index (Phi) is 2.31. The number of hydrogen-bond donors (Lipinski definition) is 2. The van der Waals surface area contributed by atoms with E-state index in [2.05, 4.69) is 42.9 Å². The first kappa shape index (κ1) is 12.2. The number of nitrogens with zero attached hydrogens (tertiary/aromatic N) is 1. The van der Waals surface area contributed by atoms with Gasteiger partial charge in [-0.2, -0.15) is 0 Å². The Balaban J connectivity index is 2.25. The van der Waals surface area contributed by atoms with Gasteiger partial charge in [-0.3, -0.25) is 0 Å². The fourth-order valence-electron chi connectivity index (χ4n) is 3.13. The van der Waals surface area contributed by atoms with E-state index in [0.29, 0.717) is 0 Å². The molecule has 3 nitrogen and oxygen atoms in total. The maximum Gasteiger partial charge on any atom is 0.116 e. The van der Waals surface area contributed by atoms with Gasteiger partial charge in [0.1, 0.15) is 5.75 Å². The maximum absolute atomic E-state index is 9.72. The molecule has 0 saturated heterocycles. The molecule has 0 bridgehead atoms. The van der Waals surface area contributed by atoms with Crippen LogP contribution in [0.5, 0.6) is 5.75 Å². The lowest BCUT2D eigenvalue weighted by Crippen LogP contribution is -1.93. The fraction of sp³-hybridized carbons (Fsp3) is 0.167. The van der Waals surface area contributed by atoms with Gasteiger partial charge in [-0.25, -0.2) is 4.98 Å². The van der Waals surface area contributed by atoms with Gasteiger partial charge in [0.05, 0.1) is 11.0 Å². The topological polar surface area (TPSA) is 48.9 Å². The molecule has 0 amide bonds. The van der Waals surface area contributed by atoms with E-state index in [1.54, 1.807) is 12.1 Å². The predicted octanol–water partition coefficient (Wildman–Crippen LogP) is 4.50. The predicted molar refractivity (Wildman–Crippen MR) is 87.0 cm³/mol. The first-order valence-corrected chi connectivity index (χ1v) is 7.06. The summed E-state index contributed by atoms with van der Waals surface area (Å²) >= 11 is 0. The van der Waals surface area contributed by atoms with Gasteiger partial charge < -0.3 is 10.1 Å². The average molecular weight is 276 g/mol. The summed E-state index contributed by atoms with van der Waals surface area (Å²) in [5.41, 5.74) is 5.51. The van der Waals surface area contributed by atoms with Crippen LogP contribution in [0.25, 0.3) is 32.6 Å². The number of pyridine rings is 1. The van der Waals surface area contributed by atoms with Crippen LogP contribution in [0.2, 0.25) is 0 Å². The number of aromatic hydroxyl groups is 1. The minimum atomic E-state index is 0.278. The lowest BCUT2D eigenvalue weighted by atomic mass is 10.0. The van der Waals surface area contributed by atoms with E-state index in [9.17, 15) is 5.11 Å². The molecule has 4 aromatic rings. The van der Waals surface area contributed by atoms with E-state index in [1.807, 2.05) is 6.07 Å². The molecular formula is C18H16N2O. The average Bonchev–Trinajstić information content (AvgIpc) is 2.80. The molecule has 0 radical (unpaired) electrons. The van der Waals surface area contributed by atoms with E-state index < -0.39 is 0 Å². The van der Waals surface area contributed by atoms with Crippen molar-refractivity contribution in [1.29, 1.82) is 0 Å². The molecule has 2 aromatic carbocycles. The zero-order valence-electron chi connectivity index (χ0n) is 12.3. The Morgan fingerprint density at radius 3 is 2.38 bits per heavy atom. The molecule has 2 heterocycles. The summed E-state index contributed by atoms with van der Waals surface area (Å²) in [5, 5.41) is 14.3. The van der Waals surface area contributed by atoms with Gasteiger partial charge in [0.2, 0.25) is 0 Å². The molecule has 3 heteroatoms. The highest BCUT2D eigenvalue weighted by molar-refractivity contribution is 6.13. The number of phenols is 1. The van der Waals surface area contributed by atoms with Crippen molar-refractivity contribution in [3.8, 4) is 5.75 Å². The standard InChI is InChI=1S/C18H16N2O/c1-9-10(2)19-11(3)14-7-16-15-6-12(21)4-5-17(15)20-18(16)8-13(9)14/h4-8,19,21H,1-3H3. The molecule has 0 aliphatic carbocycles. The zero-order chi connectivity index (χ0) is 14.7. The number of hydrogen-bond acceptors (Lipinski definition) is 2. The highest BCUT2D eigenvalue weighted by Gasteiger charge is 2.11. The van der Waals surface area contributed by atoms with Gasteiger partial charge in [-0.1, -0.05) is 0 Å². The van der Waals surface area contributed by atoms with Crippen molar-refractivity contribution in [3.05, 3.63) is 47.3 Å². The third kappa shape index (κ3) is 1.64. The van der Waals surface area contributed by atoms with Crippen molar-refractivity contribution in [2.45, 2.75) is 20.8 Å². The second kappa shape index (κ2) is 3.98. The van der Waals surface area contributed by atoms with E-state index in [4.69, 9.17) is 0 Å². The molecule has 2 N–H and O–H groups in total. The van der Waals surface area contributed by atoms with Crippen molar-refractivity contribution < 1.29 is 5.11 Å². The molecular weight excluding hydrogens is 260 g/mol. The molecule has 0 unspecified atom stereocenters. The van der Waals surface area contributed by atoms with Crippen LogP contribution in [-0.2, 0) is 0 Å². The van der Waals surface area contributed by atoms with Gasteiger partial charge in [-0.05, 0) is 62.1 Å². The Bertz CT molecular complexity index is 1030. The summed E-state index contributed by atoms with van der Waals surface area (Å²) in [6.45, 7) is 6.32. The molecule has 0 spiro atoms. The third-order valence-corrected chi connectivity index (χ3v) is 4.39. The first-order chi connectivity index (χ1) is 10.0. The monoisotopic (exact) mass is 276 g/mol. The lowest BCUT2D eigenvalue weighted by Gasteiger charge is -2.10. The van der Waals surface area contributed by atoms with Gasteiger partial charge in [0.15, 0.2) is 0 Å². The summed E-state index contributed by atoms with van der Waals surface area (Å²) in [7, 11) is 0. The highest BCUT2D eigenvalue weighted by Crippen LogP contribution is 2.33. The van der Waals surface area contributed by atoms with Crippen molar-refractivity contribution in [2.75, 3.05) is 0 Å². The van der Waals surface area contributed by atoms with Crippen molar-refractivity contribution in [1.82, 2.24) is 9.97 Å². The van der Waals surface area contributed by atoms with Crippen LogP contribution >= 0.6 is 0 Å². The van der Waals surface area contributed by atoms with Gasteiger partial charge in [0.25, 0.3) is 0 Å². The Hall–Kier alpha value is -2.55. The molecule has 104 valence electrons. The number of nitrogens with one attached hydrogen (secondary N) is 1. The Morgan fingerprint density at radius 2 is 1.57 bits per heavy atom. The van der Waals surface area contributed by atoms with Crippen LogP contribution in [0.15, 0.2) is 30.3 Å². The van der Waals surface area contributed by atoms with E-state index in [0.717, 1.165) is 27.5 Å². The van der Waals surface area contributed by atoms with Crippen LogP contribution in [-0.4, -0.2) is 15.1 Å². The summed E-state index contributed by atoms with van der Waals surface area (Å²) in [6, 6.07) is 9.67. The summed E-state index contributed by atoms with van der Waals surface area (Å²) in [4.78, 5) is 8.11. The van der Waals surface area contributed by atoms with Gasteiger partial charge >= 0.3 is 0 Å². The minimum absolute atomic E-state index is 0.278. The number of aromatic amines is 1. The number of H-pyrrole nitrogens is 1. The first-order valence-electron chi connectivity index (χ1n) is 7.06. The molecule has 0 aliphatic heterocycles. The van der Waals surface area contributed by atoms with Gasteiger partial charge in [0, 0.05) is 27.5 Å². The largest absolute Gasteiger partial charge is 0.508 e. The summed E-state index contributed by atoms with van der Waals surface area (Å²) < 4.78 is 0. The number of rotatable bonds is 0. The summed E-state index contributed by atoms with van der Waals surface area (Å²) in [5.74, 6) is 0.278. The lowest BCUT2D eigenvalue weighted by molar-refractivity contribution is 0.476. The minimum Gasteiger partial charge on any atom is -0.508 e. The highest BCUT2D eigenvalue weighted by atomic mass is 16.3. The smallest absolute Gasteiger partial charge is 0.116 e. The maximum atomic E-state index is 9.72. The molecule has 4 rings (SSSR count). The quantitative estimate of drug-likeness (QED) is 0.497. The van der Waals surface area contributed by atoms with E-state index >= 15 is 0 Å². The van der Waals surface area contributed by atoms with Crippen LogP contribution in [0.1, 0.15) is 17.0 Å². The third-order valence-electron chi connectivity index (χ3n) is 4.39. The second-order valence-electron chi connectivity index (χ2n) is 5.73. The molecule has 0 atom stereocenters. The number of phenolic OH excluding ortho intramolecular Hbond substituents is 1. The van der Waals surface area contributed by atoms with Crippen LogP contribution in [0.3, 0.4) is 0 Å². The second-order valence-corrected chi connectivity index (χ2v) is 5.73. The zero-order valence-corrected chi connectivity index (χ0v) is 12.3. The number of fused-ring (bicyclic) bond motifs is 4. The normalized spacial score (nSPS) is 11.8. The van der Waals surface area contributed by atoms with Crippen LogP contribution in [0.4, 0.5) is 0 Å².